The van der Waals surface area contributed by atoms with Gasteiger partial charge in [-0.15, -0.1) is 0 Å². The molecule has 2 rings (SSSR count). The molecule has 0 aliphatic carbocycles. The first-order valence-electron chi connectivity index (χ1n) is 11.2. The average molecular weight is 398 g/mol. The highest BCUT2D eigenvalue weighted by molar-refractivity contribution is 8.00. The van der Waals surface area contributed by atoms with Gasteiger partial charge in [0, 0.05) is 24.0 Å². The van der Waals surface area contributed by atoms with Gasteiger partial charge in [-0.05, 0) is 19.3 Å². The highest BCUT2D eigenvalue weighted by atomic mass is 32.2. The molecule has 2 aliphatic rings. The number of fused-ring (bicyclic) bond motifs is 1. The van der Waals surface area contributed by atoms with Crippen molar-refractivity contribution in [1.82, 2.24) is 16.0 Å². The Kier molecular flexibility index (Phi) is 11.0. The van der Waals surface area contributed by atoms with E-state index in [0.29, 0.717) is 17.7 Å². The molecule has 0 saturated carbocycles. The predicted octanol–water partition coefficient (Wildman–Crippen LogP) is 4.36. The Morgan fingerprint density at radius 1 is 1.00 bits per heavy atom. The number of carbonyl (C=O) groups is 2. The first-order chi connectivity index (χ1) is 13.2. The zero-order valence-electron chi connectivity index (χ0n) is 17.1. The molecule has 3 amide bonds. The van der Waals surface area contributed by atoms with Crippen LogP contribution >= 0.6 is 11.8 Å². The van der Waals surface area contributed by atoms with Crippen molar-refractivity contribution in [2.75, 3.05) is 12.3 Å². The van der Waals surface area contributed by atoms with Crippen LogP contribution in [0.1, 0.15) is 90.4 Å². The van der Waals surface area contributed by atoms with Crippen molar-refractivity contribution in [2.45, 2.75) is 108 Å². The third-order valence-corrected chi connectivity index (χ3v) is 7.19. The van der Waals surface area contributed by atoms with Gasteiger partial charge < -0.3 is 16.0 Å². The Bertz CT molecular complexity index is 447. The van der Waals surface area contributed by atoms with Crippen LogP contribution in [0.15, 0.2) is 0 Å². The normalized spacial score (nSPS) is 23.7. The Morgan fingerprint density at radius 3 is 2.44 bits per heavy atom. The molecule has 156 valence electrons. The molecule has 27 heavy (non-hydrogen) atoms. The molecule has 2 saturated heterocycles. The molecule has 0 bridgehead atoms. The van der Waals surface area contributed by atoms with E-state index < -0.39 is 0 Å². The molecule has 2 heterocycles. The number of rotatable bonds is 15. The molecule has 3 N–H and O–H groups in total. The topological polar surface area (TPSA) is 70.2 Å². The maximum Gasteiger partial charge on any atom is 0.315 e. The van der Waals surface area contributed by atoms with Gasteiger partial charge in [-0.1, -0.05) is 64.7 Å². The number of nitrogens with one attached hydrogen (secondary N) is 3. The molecule has 0 radical (unpaired) electrons. The van der Waals surface area contributed by atoms with Gasteiger partial charge in [0.15, 0.2) is 0 Å². The molecule has 0 aromatic rings. The van der Waals surface area contributed by atoms with Gasteiger partial charge in [0.05, 0.1) is 12.1 Å². The van der Waals surface area contributed by atoms with Crippen LogP contribution in [-0.4, -0.2) is 41.6 Å². The summed E-state index contributed by atoms with van der Waals surface area (Å²) in [6.07, 6.45) is 15.5. The quantitative estimate of drug-likeness (QED) is 0.284. The second-order valence-corrected chi connectivity index (χ2v) is 9.32. The summed E-state index contributed by atoms with van der Waals surface area (Å²) in [6, 6.07) is 0.557. The van der Waals surface area contributed by atoms with Crippen LogP contribution in [0.4, 0.5) is 4.79 Å². The molecule has 0 aromatic carbocycles. The molecule has 2 aliphatic heterocycles. The minimum atomic E-state index is -0.0221. The summed E-state index contributed by atoms with van der Waals surface area (Å²) < 4.78 is 0. The first-order valence-corrected chi connectivity index (χ1v) is 12.2. The van der Waals surface area contributed by atoms with Crippen molar-refractivity contribution < 1.29 is 9.59 Å². The number of urea groups is 1. The lowest BCUT2D eigenvalue weighted by Crippen LogP contribution is -2.36. The molecule has 6 heteroatoms. The van der Waals surface area contributed by atoms with Crippen molar-refractivity contribution in [3.05, 3.63) is 0 Å². The fourth-order valence-electron chi connectivity index (χ4n) is 4.03. The van der Waals surface area contributed by atoms with Crippen LogP contribution in [0.2, 0.25) is 0 Å². The maximum atomic E-state index is 11.9. The van der Waals surface area contributed by atoms with Gasteiger partial charge in [-0.3, -0.25) is 4.79 Å². The highest BCUT2D eigenvalue weighted by Crippen LogP contribution is 2.33. The fraction of sp³-hybridized carbons (Fsp3) is 0.905. The van der Waals surface area contributed by atoms with Crippen LogP contribution in [0.5, 0.6) is 0 Å². The standard InChI is InChI=1S/C21H39N3O2S/c1-2-3-4-5-6-7-8-9-12-15-22-19(25)14-11-10-13-18-20-17(16-27-18)23-21(26)24-20/h17-18,20H,2-16H2,1H3,(H,22,25)(H2,23,24,26)/t17-,18-,20-/m0/s1. The van der Waals surface area contributed by atoms with Gasteiger partial charge in [-0.25, -0.2) is 4.79 Å². The molecular weight excluding hydrogens is 358 g/mol. The van der Waals surface area contributed by atoms with E-state index in [1.54, 1.807) is 0 Å². The summed E-state index contributed by atoms with van der Waals surface area (Å²) in [5, 5.41) is 9.56. The summed E-state index contributed by atoms with van der Waals surface area (Å²) in [4.78, 5) is 23.3. The highest BCUT2D eigenvalue weighted by Gasteiger charge is 2.42. The maximum absolute atomic E-state index is 11.9. The number of hydrogen-bond donors (Lipinski definition) is 3. The average Bonchev–Trinajstić information content (AvgIpc) is 3.20. The zero-order chi connectivity index (χ0) is 19.3. The van der Waals surface area contributed by atoms with Crippen LogP contribution < -0.4 is 16.0 Å². The van der Waals surface area contributed by atoms with E-state index in [-0.39, 0.29) is 18.0 Å². The van der Waals surface area contributed by atoms with E-state index in [2.05, 4.69) is 22.9 Å². The van der Waals surface area contributed by atoms with Crippen molar-refractivity contribution >= 4 is 23.7 Å². The Balaban J connectivity index is 1.36. The summed E-state index contributed by atoms with van der Waals surface area (Å²) in [5.74, 6) is 1.20. The lowest BCUT2D eigenvalue weighted by atomic mass is 10.0. The summed E-state index contributed by atoms with van der Waals surface area (Å²) in [5.41, 5.74) is 0. The smallest absolute Gasteiger partial charge is 0.315 e. The second-order valence-electron chi connectivity index (χ2n) is 8.05. The molecule has 3 atom stereocenters. The van der Waals surface area contributed by atoms with Crippen molar-refractivity contribution in [2.24, 2.45) is 0 Å². The van der Waals surface area contributed by atoms with E-state index >= 15 is 0 Å². The number of thioether (sulfide) groups is 1. The molecule has 5 nitrogen and oxygen atoms in total. The minimum Gasteiger partial charge on any atom is -0.356 e. The number of amides is 3. The molecule has 2 fully saturated rings. The monoisotopic (exact) mass is 397 g/mol. The van der Waals surface area contributed by atoms with Crippen LogP contribution in [0, 0.1) is 0 Å². The summed E-state index contributed by atoms with van der Waals surface area (Å²) in [6.45, 7) is 3.08. The third-order valence-electron chi connectivity index (χ3n) is 5.68. The van der Waals surface area contributed by atoms with Crippen LogP contribution in [0.3, 0.4) is 0 Å². The lowest BCUT2D eigenvalue weighted by molar-refractivity contribution is -0.121. The van der Waals surface area contributed by atoms with Crippen molar-refractivity contribution in [3.8, 4) is 0 Å². The van der Waals surface area contributed by atoms with Crippen LogP contribution in [0.25, 0.3) is 0 Å². The van der Waals surface area contributed by atoms with E-state index in [1.807, 2.05) is 11.8 Å². The third kappa shape index (κ3) is 8.75. The zero-order valence-corrected chi connectivity index (χ0v) is 17.9. The predicted molar refractivity (Wildman–Crippen MR) is 114 cm³/mol. The Morgan fingerprint density at radius 2 is 1.70 bits per heavy atom. The van der Waals surface area contributed by atoms with E-state index in [1.165, 1.54) is 51.4 Å². The van der Waals surface area contributed by atoms with Crippen molar-refractivity contribution in [1.29, 1.82) is 0 Å². The molecular formula is C21H39N3O2S. The van der Waals surface area contributed by atoms with Gasteiger partial charge >= 0.3 is 6.03 Å². The van der Waals surface area contributed by atoms with Gasteiger partial charge in [0.2, 0.25) is 5.91 Å². The summed E-state index contributed by atoms with van der Waals surface area (Å²) in [7, 11) is 0. The first kappa shape index (κ1) is 22.4. The number of carbonyl (C=O) groups excluding carboxylic acids is 2. The Labute approximate surface area is 169 Å². The molecule has 0 unspecified atom stereocenters. The van der Waals surface area contributed by atoms with Crippen LogP contribution in [-0.2, 0) is 4.79 Å². The van der Waals surface area contributed by atoms with E-state index in [4.69, 9.17) is 0 Å². The number of unbranched alkanes of at least 4 members (excludes halogenated alkanes) is 9. The summed E-state index contributed by atoms with van der Waals surface area (Å²) >= 11 is 1.95. The lowest BCUT2D eigenvalue weighted by Gasteiger charge is -2.16. The largest absolute Gasteiger partial charge is 0.356 e. The van der Waals surface area contributed by atoms with E-state index in [9.17, 15) is 9.59 Å². The second kappa shape index (κ2) is 13.3. The van der Waals surface area contributed by atoms with E-state index in [0.717, 1.165) is 38.0 Å². The minimum absolute atomic E-state index is 0.0221. The SMILES string of the molecule is CCCCCCCCCCCNC(=O)CCCC[C@@H]1SC[C@@H]2NC(=O)N[C@@H]21. The molecule has 0 aromatic heterocycles. The number of hydrogen-bond acceptors (Lipinski definition) is 3. The van der Waals surface area contributed by atoms with Gasteiger partial charge in [0.1, 0.15) is 0 Å². The van der Waals surface area contributed by atoms with Gasteiger partial charge in [-0.2, -0.15) is 11.8 Å². The van der Waals surface area contributed by atoms with Gasteiger partial charge in [0.25, 0.3) is 0 Å². The fourth-order valence-corrected chi connectivity index (χ4v) is 5.57. The van der Waals surface area contributed by atoms with Crippen molar-refractivity contribution in [3.63, 3.8) is 0 Å². The molecule has 0 spiro atoms. The Hall–Kier alpha value is -0.910.